The number of benzene rings is 1. The number of carbonyl (C=O) groups excluding carboxylic acids is 1. The number of aryl methyl sites for hydroxylation is 1. The Morgan fingerprint density at radius 3 is 2.55 bits per heavy atom. The lowest BCUT2D eigenvalue weighted by atomic mass is 10.1. The van der Waals surface area contributed by atoms with Gasteiger partial charge in [0.15, 0.2) is 5.82 Å². The second kappa shape index (κ2) is 8.28. The summed E-state index contributed by atoms with van der Waals surface area (Å²) in [6, 6.07) is 4.26. The van der Waals surface area contributed by atoms with Gasteiger partial charge in [0.2, 0.25) is 0 Å². The Bertz CT molecular complexity index is 1340. The van der Waals surface area contributed by atoms with E-state index in [2.05, 4.69) is 49.4 Å². The number of rotatable bonds is 4. The average molecular weight is 447 g/mol. The molecule has 33 heavy (non-hydrogen) atoms. The van der Waals surface area contributed by atoms with Crippen LogP contribution in [0.5, 0.6) is 5.75 Å². The molecule has 0 radical (unpaired) electrons. The molecule has 0 saturated carbocycles. The van der Waals surface area contributed by atoms with Crippen LogP contribution in [0.4, 0.5) is 11.5 Å². The van der Waals surface area contributed by atoms with Crippen LogP contribution < -0.4 is 20.3 Å². The molecule has 4 heterocycles. The van der Waals surface area contributed by atoms with Crippen molar-refractivity contribution in [3.63, 3.8) is 0 Å². The van der Waals surface area contributed by atoms with Crippen LogP contribution in [-0.4, -0.2) is 62.9 Å². The van der Waals surface area contributed by atoms with Crippen LogP contribution in [0, 0.1) is 0 Å². The minimum absolute atomic E-state index is 0.313. The van der Waals surface area contributed by atoms with Crippen LogP contribution in [-0.2, 0) is 7.05 Å². The van der Waals surface area contributed by atoms with Gasteiger partial charge in [0.1, 0.15) is 22.3 Å². The fourth-order valence-corrected chi connectivity index (χ4v) is 4.49. The van der Waals surface area contributed by atoms with E-state index in [-0.39, 0.29) is 5.91 Å². The third kappa shape index (κ3) is 3.93. The standard InChI is InChI=1S/C23H26N8O2/c1-13-10-31(11-14(2)27-13)22-21-20(24-5-6-25-21)17(9-26-22)23(32)28-16-7-15-12-30(3)29-19(15)18(8-16)33-4/h5-9,12-14,27H,10-11H2,1-4H3,(H,28,32)/t13-,14-/m0/s1. The van der Waals surface area contributed by atoms with E-state index >= 15 is 0 Å². The van der Waals surface area contributed by atoms with Gasteiger partial charge in [0.25, 0.3) is 5.91 Å². The summed E-state index contributed by atoms with van der Waals surface area (Å²) in [5.41, 5.74) is 2.84. The Morgan fingerprint density at radius 1 is 1.09 bits per heavy atom. The maximum absolute atomic E-state index is 13.3. The van der Waals surface area contributed by atoms with Crippen molar-refractivity contribution in [3.8, 4) is 5.75 Å². The number of hydrogen-bond acceptors (Lipinski definition) is 8. The molecule has 1 aromatic carbocycles. The molecular formula is C23H26N8O2. The first kappa shape index (κ1) is 21.1. The molecule has 0 aliphatic carbocycles. The van der Waals surface area contributed by atoms with Crippen molar-refractivity contribution in [3.05, 3.63) is 42.5 Å². The van der Waals surface area contributed by atoms with E-state index < -0.39 is 0 Å². The molecule has 1 saturated heterocycles. The largest absolute Gasteiger partial charge is 0.494 e. The number of anilines is 2. The Morgan fingerprint density at radius 2 is 1.82 bits per heavy atom. The van der Waals surface area contributed by atoms with Gasteiger partial charge in [0.05, 0.1) is 12.7 Å². The second-order valence-electron chi connectivity index (χ2n) is 8.50. The van der Waals surface area contributed by atoms with Crippen LogP contribution in [0.2, 0.25) is 0 Å². The number of carbonyl (C=O) groups is 1. The van der Waals surface area contributed by atoms with Crippen LogP contribution in [0.1, 0.15) is 24.2 Å². The Balaban J connectivity index is 1.50. The van der Waals surface area contributed by atoms with Gasteiger partial charge in [-0.15, -0.1) is 0 Å². The molecule has 170 valence electrons. The summed E-state index contributed by atoms with van der Waals surface area (Å²) in [5, 5.41) is 11.8. The quantitative estimate of drug-likeness (QED) is 0.492. The van der Waals surface area contributed by atoms with Gasteiger partial charge in [-0.3, -0.25) is 14.5 Å². The molecule has 10 nitrogen and oxygen atoms in total. The molecule has 2 N–H and O–H groups in total. The zero-order valence-electron chi connectivity index (χ0n) is 19.0. The van der Waals surface area contributed by atoms with Crippen molar-refractivity contribution in [2.75, 3.05) is 30.4 Å². The minimum atomic E-state index is -0.313. The molecule has 1 aliphatic rings. The number of amides is 1. The fourth-order valence-electron chi connectivity index (χ4n) is 4.49. The lowest BCUT2D eigenvalue weighted by Gasteiger charge is -2.37. The van der Waals surface area contributed by atoms with E-state index in [1.807, 2.05) is 19.3 Å². The number of aromatic nitrogens is 5. The van der Waals surface area contributed by atoms with Crippen LogP contribution in [0.15, 0.2) is 36.9 Å². The number of piperazine rings is 1. The lowest BCUT2D eigenvalue weighted by molar-refractivity contribution is 0.102. The number of nitrogens with zero attached hydrogens (tertiary/aromatic N) is 6. The van der Waals surface area contributed by atoms with E-state index in [4.69, 9.17) is 4.74 Å². The van der Waals surface area contributed by atoms with Gasteiger partial charge < -0.3 is 20.3 Å². The maximum Gasteiger partial charge on any atom is 0.259 e. The van der Waals surface area contributed by atoms with Gasteiger partial charge in [-0.25, -0.2) is 9.97 Å². The van der Waals surface area contributed by atoms with Gasteiger partial charge >= 0.3 is 0 Å². The highest BCUT2D eigenvalue weighted by atomic mass is 16.5. The van der Waals surface area contributed by atoms with Crippen molar-refractivity contribution < 1.29 is 9.53 Å². The van der Waals surface area contributed by atoms with E-state index in [0.717, 1.165) is 29.8 Å². The Hall–Kier alpha value is -3.79. The van der Waals surface area contributed by atoms with Gasteiger partial charge in [0, 0.05) is 74.1 Å². The molecule has 0 spiro atoms. The van der Waals surface area contributed by atoms with E-state index in [1.165, 1.54) is 0 Å². The average Bonchev–Trinajstić information content (AvgIpc) is 3.17. The molecule has 0 unspecified atom stereocenters. The number of methoxy groups -OCH3 is 1. The normalized spacial score (nSPS) is 18.6. The van der Waals surface area contributed by atoms with Crippen molar-refractivity contribution in [2.45, 2.75) is 25.9 Å². The zero-order chi connectivity index (χ0) is 23.1. The predicted molar refractivity (Wildman–Crippen MR) is 127 cm³/mol. The van der Waals surface area contributed by atoms with Crippen LogP contribution in [0.25, 0.3) is 21.9 Å². The molecular weight excluding hydrogens is 420 g/mol. The highest BCUT2D eigenvalue weighted by molar-refractivity contribution is 6.13. The molecule has 1 fully saturated rings. The topological polar surface area (TPSA) is 110 Å². The summed E-state index contributed by atoms with van der Waals surface area (Å²) in [7, 11) is 3.42. The number of ether oxygens (including phenoxy) is 1. The van der Waals surface area contributed by atoms with E-state index in [0.29, 0.717) is 40.1 Å². The smallest absolute Gasteiger partial charge is 0.259 e. The van der Waals surface area contributed by atoms with Crippen molar-refractivity contribution in [1.82, 2.24) is 30.0 Å². The van der Waals surface area contributed by atoms with Crippen LogP contribution in [0.3, 0.4) is 0 Å². The lowest BCUT2D eigenvalue weighted by Crippen LogP contribution is -2.54. The van der Waals surface area contributed by atoms with Gasteiger partial charge in [-0.1, -0.05) is 0 Å². The zero-order valence-corrected chi connectivity index (χ0v) is 19.0. The highest BCUT2D eigenvalue weighted by Gasteiger charge is 2.25. The highest BCUT2D eigenvalue weighted by Crippen LogP contribution is 2.30. The molecule has 5 rings (SSSR count). The number of hydrogen-bond donors (Lipinski definition) is 2. The molecule has 10 heteroatoms. The molecule has 0 bridgehead atoms. The first-order valence-corrected chi connectivity index (χ1v) is 10.9. The van der Waals surface area contributed by atoms with Crippen molar-refractivity contribution in [2.24, 2.45) is 7.05 Å². The minimum Gasteiger partial charge on any atom is -0.494 e. The fraction of sp³-hybridized carbons (Fsp3) is 0.348. The Kier molecular flexibility index (Phi) is 5.29. The SMILES string of the molecule is COc1cc(NC(=O)c2cnc(N3C[C@H](C)N[C@@H](C)C3)c3nccnc23)cc2cn(C)nc12. The predicted octanol–water partition coefficient (Wildman–Crippen LogP) is 2.36. The third-order valence-electron chi connectivity index (χ3n) is 5.75. The van der Waals surface area contributed by atoms with Crippen LogP contribution >= 0.6 is 0 Å². The number of pyridine rings is 1. The first-order chi connectivity index (χ1) is 15.9. The van der Waals surface area contributed by atoms with Crippen molar-refractivity contribution >= 4 is 39.3 Å². The summed E-state index contributed by atoms with van der Waals surface area (Å²) in [6.07, 6.45) is 6.68. The van der Waals surface area contributed by atoms with Crippen molar-refractivity contribution in [1.29, 1.82) is 0 Å². The van der Waals surface area contributed by atoms with Gasteiger partial charge in [-0.05, 0) is 19.9 Å². The second-order valence-corrected chi connectivity index (χ2v) is 8.50. The Labute approximate surface area is 191 Å². The summed E-state index contributed by atoms with van der Waals surface area (Å²) in [4.78, 5) is 29.1. The summed E-state index contributed by atoms with van der Waals surface area (Å²) in [6.45, 7) is 5.90. The van der Waals surface area contributed by atoms with Gasteiger partial charge in [-0.2, -0.15) is 5.10 Å². The number of nitrogens with one attached hydrogen (secondary N) is 2. The summed E-state index contributed by atoms with van der Waals surface area (Å²) in [5.74, 6) is 1.02. The first-order valence-electron chi connectivity index (χ1n) is 10.9. The van der Waals surface area contributed by atoms with E-state index in [1.54, 1.807) is 36.4 Å². The van der Waals surface area contributed by atoms with E-state index in [9.17, 15) is 4.79 Å². The third-order valence-corrected chi connectivity index (χ3v) is 5.75. The number of fused-ring (bicyclic) bond motifs is 2. The molecule has 1 aliphatic heterocycles. The monoisotopic (exact) mass is 446 g/mol. The summed E-state index contributed by atoms with van der Waals surface area (Å²) < 4.78 is 7.18. The molecule has 4 aromatic rings. The maximum atomic E-state index is 13.3. The molecule has 2 atom stereocenters. The molecule has 3 aromatic heterocycles. The molecule has 1 amide bonds. The summed E-state index contributed by atoms with van der Waals surface area (Å²) >= 11 is 0.